The number of aliphatic hydroxyl groups is 1. The Bertz CT molecular complexity index is 1230. The second kappa shape index (κ2) is 10.2. The van der Waals surface area contributed by atoms with Gasteiger partial charge in [0.1, 0.15) is 11.5 Å². The first-order chi connectivity index (χ1) is 16.4. The van der Waals surface area contributed by atoms with Crippen LogP contribution in [-0.2, 0) is 9.53 Å². The van der Waals surface area contributed by atoms with Crippen molar-refractivity contribution < 1.29 is 24.2 Å². The van der Waals surface area contributed by atoms with Gasteiger partial charge in [-0.2, -0.15) is 0 Å². The maximum atomic E-state index is 13.6. The fourth-order valence-electron chi connectivity index (χ4n) is 4.08. The third-order valence-corrected chi connectivity index (χ3v) is 6.63. The molecule has 7 nitrogen and oxygen atoms in total. The van der Waals surface area contributed by atoms with Crippen molar-refractivity contribution in [3.05, 3.63) is 87.1 Å². The van der Waals surface area contributed by atoms with Crippen LogP contribution in [0.1, 0.15) is 38.4 Å². The molecule has 0 saturated carbocycles. The van der Waals surface area contributed by atoms with E-state index in [2.05, 4.69) is 4.98 Å². The molecule has 1 aromatic heterocycles. The number of benzene rings is 2. The lowest BCUT2D eigenvalue weighted by Gasteiger charge is -2.27. The van der Waals surface area contributed by atoms with Crippen molar-refractivity contribution in [2.75, 3.05) is 20.3 Å². The molecule has 8 heteroatoms. The molecule has 2 heterocycles. The van der Waals surface area contributed by atoms with Crippen LogP contribution in [0.4, 0.5) is 0 Å². The van der Waals surface area contributed by atoms with Gasteiger partial charge in [-0.3, -0.25) is 9.59 Å². The van der Waals surface area contributed by atoms with Crippen LogP contribution in [0.25, 0.3) is 0 Å². The number of rotatable bonds is 9. The second-order valence-corrected chi connectivity index (χ2v) is 9.18. The van der Waals surface area contributed by atoms with Crippen molar-refractivity contribution in [2.45, 2.75) is 26.3 Å². The van der Waals surface area contributed by atoms with Gasteiger partial charge >= 0.3 is 0 Å². The summed E-state index contributed by atoms with van der Waals surface area (Å²) < 4.78 is 11.1. The van der Waals surface area contributed by atoms with E-state index >= 15 is 0 Å². The first-order valence-electron chi connectivity index (χ1n) is 10.9. The highest BCUT2D eigenvalue weighted by molar-refractivity contribution is 7.14. The monoisotopic (exact) mass is 478 g/mol. The van der Waals surface area contributed by atoms with Crippen LogP contribution in [0.2, 0.25) is 0 Å². The van der Waals surface area contributed by atoms with Crippen LogP contribution >= 0.6 is 11.3 Å². The van der Waals surface area contributed by atoms with Crippen LogP contribution in [0.15, 0.2) is 65.9 Å². The predicted octanol–water partition coefficient (Wildman–Crippen LogP) is 5.17. The lowest BCUT2D eigenvalue weighted by molar-refractivity contribution is -0.129. The van der Waals surface area contributed by atoms with Gasteiger partial charge in [-0.25, -0.2) is 4.98 Å². The van der Waals surface area contributed by atoms with E-state index in [1.54, 1.807) is 20.1 Å². The number of thiazole rings is 1. The maximum Gasteiger partial charge on any atom is 0.290 e. The standard InChI is InChI=1S/C26H26N2O5S/c1-16-25(34-17(2)27-16)23(29)21-22(28(13-8-14-32-3)26(31)24(21)30)18-9-7-12-20(15-18)33-19-10-5-4-6-11-19/h4-7,9-12,15,22,30H,8,13-14H2,1-3H3. The minimum Gasteiger partial charge on any atom is -0.503 e. The summed E-state index contributed by atoms with van der Waals surface area (Å²) >= 11 is 1.26. The van der Waals surface area contributed by atoms with Crippen LogP contribution in [0.3, 0.4) is 0 Å². The Morgan fingerprint density at radius 2 is 1.85 bits per heavy atom. The molecule has 1 unspecified atom stereocenters. The van der Waals surface area contributed by atoms with Gasteiger partial charge in [0.05, 0.1) is 27.2 Å². The minimum atomic E-state index is -0.752. The molecule has 4 rings (SSSR count). The maximum absolute atomic E-state index is 13.6. The second-order valence-electron chi connectivity index (χ2n) is 7.97. The Balaban J connectivity index is 1.74. The number of ketones is 1. The van der Waals surface area contributed by atoms with Gasteiger partial charge in [-0.1, -0.05) is 30.3 Å². The number of aromatic nitrogens is 1. The number of para-hydroxylation sites is 1. The zero-order chi connectivity index (χ0) is 24.2. The minimum absolute atomic E-state index is 0.0611. The Morgan fingerprint density at radius 1 is 1.12 bits per heavy atom. The van der Waals surface area contributed by atoms with Crippen molar-refractivity contribution in [3.63, 3.8) is 0 Å². The molecule has 0 aliphatic carbocycles. The molecule has 0 spiro atoms. The Kier molecular flexibility index (Phi) is 7.09. The van der Waals surface area contributed by atoms with E-state index in [4.69, 9.17) is 9.47 Å². The summed E-state index contributed by atoms with van der Waals surface area (Å²) in [6, 6.07) is 15.8. The highest BCUT2D eigenvalue weighted by Gasteiger charge is 2.44. The lowest BCUT2D eigenvalue weighted by Crippen LogP contribution is -2.32. The van der Waals surface area contributed by atoms with Gasteiger partial charge in [-0.05, 0) is 50.1 Å². The van der Waals surface area contributed by atoms with Crippen LogP contribution in [-0.4, -0.2) is 46.9 Å². The highest BCUT2D eigenvalue weighted by Crippen LogP contribution is 2.41. The fourth-order valence-corrected chi connectivity index (χ4v) is 4.95. The van der Waals surface area contributed by atoms with Crippen molar-refractivity contribution in [3.8, 4) is 11.5 Å². The zero-order valence-electron chi connectivity index (χ0n) is 19.3. The summed E-state index contributed by atoms with van der Waals surface area (Å²) in [4.78, 5) is 33.0. The lowest BCUT2D eigenvalue weighted by atomic mass is 9.95. The quantitative estimate of drug-likeness (QED) is 0.337. The topological polar surface area (TPSA) is 89.0 Å². The summed E-state index contributed by atoms with van der Waals surface area (Å²) in [6.45, 7) is 4.35. The number of hydrogen-bond acceptors (Lipinski definition) is 7. The summed E-state index contributed by atoms with van der Waals surface area (Å²) in [5.74, 6) is -0.243. The van der Waals surface area contributed by atoms with Gasteiger partial charge in [0, 0.05) is 20.3 Å². The molecular formula is C26H26N2O5S. The van der Waals surface area contributed by atoms with Gasteiger partial charge in [0.2, 0.25) is 5.78 Å². The number of carbonyl (C=O) groups excluding carboxylic acids is 2. The molecule has 1 amide bonds. The van der Waals surface area contributed by atoms with Crippen LogP contribution in [0.5, 0.6) is 11.5 Å². The van der Waals surface area contributed by atoms with Gasteiger partial charge < -0.3 is 19.5 Å². The van der Waals surface area contributed by atoms with Crippen LogP contribution in [0, 0.1) is 13.8 Å². The third kappa shape index (κ3) is 4.73. The van der Waals surface area contributed by atoms with E-state index in [9.17, 15) is 14.7 Å². The molecule has 1 atom stereocenters. The molecule has 34 heavy (non-hydrogen) atoms. The van der Waals surface area contributed by atoms with Crippen molar-refractivity contribution in [1.29, 1.82) is 0 Å². The number of methoxy groups -OCH3 is 1. The van der Waals surface area contributed by atoms with E-state index in [-0.39, 0.29) is 11.4 Å². The molecule has 1 N–H and O–H groups in total. The molecule has 0 fully saturated rings. The third-order valence-electron chi connectivity index (χ3n) is 5.56. The van der Waals surface area contributed by atoms with E-state index in [0.29, 0.717) is 47.2 Å². The van der Waals surface area contributed by atoms with E-state index in [1.807, 2.05) is 55.5 Å². The first kappa shape index (κ1) is 23.7. The molecule has 0 bridgehead atoms. The van der Waals surface area contributed by atoms with E-state index in [0.717, 1.165) is 5.01 Å². The number of nitrogens with zero attached hydrogens (tertiary/aromatic N) is 2. The van der Waals surface area contributed by atoms with E-state index < -0.39 is 17.7 Å². The summed E-state index contributed by atoms with van der Waals surface area (Å²) in [5, 5.41) is 11.6. The molecule has 1 aliphatic heterocycles. The zero-order valence-corrected chi connectivity index (χ0v) is 20.1. The average Bonchev–Trinajstić information content (AvgIpc) is 3.30. The molecule has 0 radical (unpaired) electrons. The molecule has 1 aliphatic rings. The SMILES string of the molecule is COCCCN1C(=O)C(O)=C(C(=O)c2sc(C)nc2C)C1c1cccc(Oc2ccccc2)c1. The predicted molar refractivity (Wildman–Crippen MR) is 129 cm³/mol. The number of ether oxygens (including phenoxy) is 2. The van der Waals surface area contributed by atoms with Crippen molar-refractivity contribution in [2.24, 2.45) is 0 Å². The first-order valence-corrected chi connectivity index (χ1v) is 11.8. The Hall–Kier alpha value is -3.49. The molecule has 2 aromatic carbocycles. The van der Waals surface area contributed by atoms with Gasteiger partial charge in [-0.15, -0.1) is 11.3 Å². The van der Waals surface area contributed by atoms with Crippen molar-refractivity contribution in [1.82, 2.24) is 9.88 Å². The normalized spacial score (nSPS) is 15.8. The smallest absolute Gasteiger partial charge is 0.290 e. The van der Waals surface area contributed by atoms with Crippen LogP contribution < -0.4 is 4.74 Å². The molecule has 176 valence electrons. The largest absolute Gasteiger partial charge is 0.503 e. The Labute approximate surface area is 202 Å². The number of aliphatic hydroxyl groups excluding tert-OH is 1. The number of Topliss-reactive ketones (excluding diaryl/α,β-unsaturated/α-hetero) is 1. The average molecular weight is 479 g/mol. The summed E-state index contributed by atoms with van der Waals surface area (Å²) in [7, 11) is 1.59. The number of carbonyl (C=O) groups is 2. The highest BCUT2D eigenvalue weighted by atomic mass is 32.1. The van der Waals surface area contributed by atoms with Gasteiger partial charge in [0.15, 0.2) is 5.76 Å². The number of amides is 1. The summed E-state index contributed by atoms with van der Waals surface area (Å²) in [5.41, 5.74) is 1.31. The fraction of sp³-hybridized carbons (Fsp3) is 0.269. The van der Waals surface area contributed by atoms with E-state index in [1.165, 1.54) is 16.2 Å². The van der Waals surface area contributed by atoms with Gasteiger partial charge in [0.25, 0.3) is 5.91 Å². The Morgan fingerprint density at radius 3 is 2.53 bits per heavy atom. The number of aryl methyl sites for hydroxylation is 2. The molecular weight excluding hydrogens is 452 g/mol. The molecule has 0 saturated heterocycles. The molecule has 3 aromatic rings. The summed E-state index contributed by atoms with van der Waals surface area (Å²) in [6.07, 6.45) is 0.562. The number of hydrogen-bond donors (Lipinski definition) is 1. The van der Waals surface area contributed by atoms with Crippen molar-refractivity contribution >= 4 is 23.0 Å².